The van der Waals surface area contributed by atoms with Crippen LogP contribution in [0.5, 0.6) is 0 Å². The molecule has 1 rings (SSSR count). The van der Waals surface area contributed by atoms with Gasteiger partial charge in [-0.25, -0.2) is 4.39 Å². The molecule has 0 saturated heterocycles. The van der Waals surface area contributed by atoms with Crippen molar-refractivity contribution in [3.05, 3.63) is 33.9 Å². The maximum Gasteiger partial charge on any atom is 0.307 e. The maximum absolute atomic E-state index is 13.4. The molecule has 8 heteroatoms. The maximum atomic E-state index is 13.4. The van der Waals surface area contributed by atoms with Crippen molar-refractivity contribution in [3.63, 3.8) is 0 Å². The molecule has 0 aromatic heterocycles. The molecule has 0 aliphatic rings. The first-order chi connectivity index (χ1) is 8.69. The Balaban J connectivity index is 3.16. The summed E-state index contributed by atoms with van der Waals surface area (Å²) in [7, 11) is 0. The minimum atomic E-state index is -1.45. The Kier molecular flexibility index (Phi) is 3.80. The van der Waals surface area contributed by atoms with Crippen molar-refractivity contribution in [1.82, 2.24) is 0 Å². The van der Waals surface area contributed by atoms with Gasteiger partial charge in [-0.1, -0.05) is 0 Å². The Bertz CT molecular complexity index is 594. The predicted molar refractivity (Wildman–Crippen MR) is 61.0 cm³/mol. The summed E-state index contributed by atoms with van der Waals surface area (Å²) in [5.74, 6) is -3.36. The number of carbonyl (C=O) groups excluding carboxylic acids is 1. The lowest BCUT2D eigenvalue weighted by Gasteiger charge is -2.15. The average molecular weight is 269 g/mol. The van der Waals surface area contributed by atoms with Crippen LogP contribution >= 0.6 is 0 Å². The normalized spacial score (nSPS) is 10.7. The highest BCUT2D eigenvalue weighted by molar-refractivity contribution is 5.96. The van der Waals surface area contributed by atoms with E-state index < -0.39 is 39.3 Å². The zero-order valence-corrected chi connectivity index (χ0v) is 10.0. The highest BCUT2D eigenvalue weighted by Crippen LogP contribution is 2.26. The monoisotopic (exact) mass is 269 g/mol. The zero-order chi connectivity index (χ0) is 14.8. The number of hydrogen-bond acceptors (Lipinski definition) is 4. The minimum Gasteiger partial charge on any atom is -0.322 e. The van der Waals surface area contributed by atoms with Gasteiger partial charge in [-0.15, -0.1) is 0 Å². The molecule has 0 atom stereocenters. The van der Waals surface area contributed by atoms with Crippen molar-refractivity contribution in [1.29, 1.82) is 5.26 Å². The van der Waals surface area contributed by atoms with Gasteiger partial charge in [-0.3, -0.25) is 14.9 Å². The van der Waals surface area contributed by atoms with Gasteiger partial charge in [0.2, 0.25) is 11.7 Å². The Hall–Kier alpha value is -2.56. The molecule has 0 spiro atoms. The number of nitrogens with zero attached hydrogens (tertiary/aromatic N) is 2. The van der Waals surface area contributed by atoms with Crippen molar-refractivity contribution in [2.24, 2.45) is 5.41 Å². The molecule has 1 N–H and O–H groups in total. The van der Waals surface area contributed by atoms with Crippen LogP contribution in [0.1, 0.15) is 13.8 Å². The standard InChI is InChI=1S/C11H9F2N3O3/c1-11(2,5-14)10(17)15-8-4-9(16(18)19)7(13)3-6(8)12/h3-4H,1-2H3,(H,15,17). The van der Waals surface area contributed by atoms with E-state index in [1.165, 1.54) is 13.8 Å². The second kappa shape index (κ2) is 4.97. The smallest absolute Gasteiger partial charge is 0.307 e. The number of carbonyl (C=O) groups is 1. The third kappa shape index (κ3) is 3.01. The largest absolute Gasteiger partial charge is 0.322 e. The second-order valence-corrected chi connectivity index (χ2v) is 4.23. The summed E-state index contributed by atoms with van der Waals surface area (Å²) in [5, 5.41) is 21.2. The molecular formula is C11H9F2N3O3. The van der Waals surface area contributed by atoms with Crippen molar-refractivity contribution < 1.29 is 18.5 Å². The molecular weight excluding hydrogens is 260 g/mol. The fraction of sp³-hybridized carbons (Fsp3) is 0.273. The molecule has 19 heavy (non-hydrogen) atoms. The van der Waals surface area contributed by atoms with E-state index in [-0.39, 0.29) is 0 Å². The summed E-state index contributed by atoms with van der Waals surface area (Å²) >= 11 is 0. The molecule has 1 aromatic rings. The van der Waals surface area contributed by atoms with Crippen LogP contribution in [-0.2, 0) is 4.79 Å². The first-order valence-electron chi connectivity index (χ1n) is 5.05. The van der Waals surface area contributed by atoms with Crippen LogP contribution in [0, 0.1) is 38.5 Å². The Labute approximate surface area is 106 Å². The quantitative estimate of drug-likeness (QED) is 0.672. The number of benzene rings is 1. The summed E-state index contributed by atoms with van der Waals surface area (Å²) in [4.78, 5) is 21.1. The van der Waals surface area contributed by atoms with E-state index in [0.29, 0.717) is 12.1 Å². The molecule has 1 amide bonds. The summed E-state index contributed by atoms with van der Waals surface area (Å²) in [5.41, 5.74) is -2.97. The highest BCUT2D eigenvalue weighted by Gasteiger charge is 2.29. The fourth-order valence-electron chi connectivity index (χ4n) is 1.10. The molecule has 0 aliphatic carbocycles. The van der Waals surface area contributed by atoms with Gasteiger partial charge in [0.1, 0.15) is 11.2 Å². The van der Waals surface area contributed by atoms with Gasteiger partial charge in [0.25, 0.3) is 0 Å². The van der Waals surface area contributed by atoms with E-state index in [2.05, 4.69) is 0 Å². The second-order valence-electron chi connectivity index (χ2n) is 4.23. The predicted octanol–water partition coefficient (Wildman–Crippen LogP) is 2.36. The first-order valence-corrected chi connectivity index (χ1v) is 5.05. The van der Waals surface area contributed by atoms with Crippen LogP contribution < -0.4 is 5.32 Å². The molecule has 1 aromatic carbocycles. The number of nitrogens with one attached hydrogen (secondary N) is 1. The number of nitro groups is 1. The van der Waals surface area contributed by atoms with Crippen LogP contribution in [-0.4, -0.2) is 10.8 Å². The topological polar surface area (TPSA) is 96.0 Å². The summed E-state index contributed by atoms with van der Waals surface area (Å²) in [6.45, 7) is 2.58. The van der Waals surface area contributed by atoms with E-state index in [1.54, 1.807) is 6.07 Å². The van der Waals surface area contributed by atoms with Crippen molar-refractivity contribution >= 4 is 17.3 Å². The van der Waals surface area contributed by atoms with Gasteiger partial charge >= 0.3 is 5.69 Å². The van der Waals surface area contributed by atoms with E-state index in [1.807, 2.05) is 5.32 Å². The van der Waals surface area contributed by atoms with Crippen LogP contribution in [0.3, 0.4) is 0 Å². The third-order valence-corrected chi connectivity index (χ3v) is 2.33. The van der Waals surface area contributed by atoms with E-state index in [0.717, 1.165) is 0 Å². The van der Waals surface area contributed by atoms with Crippen molar-refractivity contribution in [2.75, 3.05) is 5.32 Å². The molecule has 6 nitrogen and oxygen atoms in total. The number of nitro benzene ring substituents is 1. The Morgan fingerprint density at radius 1 is 1.42 bits per heavy atom. The number of amides is 1. The van der Waals surface area contributed by atoms with E-state index >= 15 is 0 Å². The Morgan fingerprint density at radius 2 is 2.00 bits per heavy atom. The number of hydrogen-bond donors (Lipinski definition) is 1. The lowest BCUT2D eigenvalue weighted by molar-refractivity contribution is -0.387. The molecule has 0 fully saturated rings. The highest BCUT2D eigenvalue weighted by atomic mass is 19.1. The Morgan fingerprint density at radius 3 is 2.47 bits per heavy atom. The van der Waals surface area contributed by atoms with Crippen LogP contribution in [0.2, 0.25) is 0 Å². The van der Waals surface area contributed by atoms with Gasteiger partial charge < -0.3 is 5.32 Å². The molecule has 0 unspecified atom stereocenters. The van der Waals surface area contributed by atoms with E-state index in [4.69, 9.17) is 5.26 Å². The molecule has 0 saturated carbocycles. The van der Waals surface area contributed by atoms with E-state index in [9.17, 15) is 23.7 Å². The van der Waals surface area contributed by atoms with Crippen LogP contribution in [0.4, 0.5) is 20.2 Å². The SMILES string of the molecule is CC(C)(C#N)C(=O)Nc1cc([N+](=O)[O-])c(F)cc1F. The first kappa shape index (κ1) is 14.5. The molecule has 0 aliphatic heterocycles. The molecule has 0 heterocycles. The van der Waals surface area contributed by atoms with Crippen molar-refractivity contribution in [3.8, 4) is 6.07 Å². The van der Waals surface area contributed by atoms with Gasteiger partial charge in [-0.2, -0.15) is 9.65 Å². The average Bonchev–Trinajstić information content (AvgIpc) is 2.31. The lowest BCUT2D eigenvalue weighted by atomic mass is 9.94. The van der Waals surface area contributed by atoms with Gasteiger partial charge in [0, 0.05) is 12.1 Å². The number of halogens is 2. The van der Waals surface area contributed by atoms with Gasteiger partial charge in [0.05, 0.1) is 16.7 Å². The number of rotatable bonds is 3. The van der Waals surface area contributed by atoms with Crippen LogP contribution in [0.15, 0.2) is 12.1 Å². The lowest BCUT2D eigenvalue weighted by Crippen LogP contribution is -2.29. The summed E-state index contributed by atoms with van der Waals surface area (Å²) < 4.78 is 26.5. The minimum absolute atomic E-state index is 0.299. The molecule has 0 bridgehead atoms. The number of anilines is 1. The summed E-state index contributed by atoms with van der Waals surface area (Å²) in [6.07, 6.45) is 0. The molecule has 0 radical (unpaired) electrons. The third-order valence-electron chi connectivity index (χ3n) is 2.33. The zero-order valence-electron chi connectivity index (χ0n) is 10.0. The van der Waals surface area contributed by atoms with Gasteiger partial charge in [-0.05, 0) is 13.8 Å². The molecule has 100 valence electrons. The van der Waals surface area contributed by atoms with Crippen LogP contribution in [0.25, 0.3) is 0 Å². The number of nitriles is 1. The summed E-state index contributed by atoms with van der Waals surface area (Å²) in [6, 6.07) is 2.55. The fourth-order valence-corrected chi connectivity index (χ4v) is 1.10. The van der Waals surface area contributed by atoms with Crippen molar-refractivity contribution in [2.45, 2.75) is 13.8 Å². The van der Waals surface area contributed by atoms with Gasteiger partial charge in [0.15, 0.2) is 0 Å².